The van der Waals surface area contributed by atoms with Crippen molar-refractivity contribution in [3.8, 4) is 0 Å². The molecule has 23 heavy (non-hydrogen) atoms. The molecule has 3 aromatic carbocycles. The highest BCUT2D eigenvalue weighted by atomic mass is 16.1. The molecule has 0 aliphatic carbocycles. The smallest absolute Gasteiger partial charge is 0.280 e. The molecule has 0 spiro atoms. The molecule has 1 amide bonds. The summed E-state index contributed by atoms with van der Waals surface area (Å²) in [5.41, 5.74) is 11.3. The van der Waals surface area contributed by atoms with Crippen molar-refractivity contribution in [1.29, 1.82) is 0 Å². The van der Waals surface area contributed by atoms with Gasteiger partial charge in [-0.15, -0.1) is 0 Å². The predicted octanol–water partition coefficient (Wildman–Crippen LogP) is 2.97. The fourth-order valence-electron chi connectivity index (χ4n) is 3.63. The third-order valence-electron chi connectivity index (χ3n) is 4.71. The first-order valence-corrected chi connectivity index (χ1v) is 7.59. The van der Waals surface area contributed by atoms with Crippen molar-refractivity contribution in [2.75, 3.05) is 5.32 Å². The Morgan fingerprint density at radius 3 is 2.65 bits per heavy atom. The largest absolute Gasteiger partial charge is 0.321 e. The molecular weight excluding hydrogens is 286 g/mol. The van der Waals surface area contributed by atoms with Crippen molar-refractivity contribution in [3.05, 3.63) is 71.3 Å². The first-order chi connectivity index (χ1) is 11.2. The molecule has 0 saturated carbocycles. The van der Waals surface area contributed by atoms with Gasteiger partial charge in [-0.25, -0.2) is 4.58 Å². The number of benzene rings is 3. The van der Waals surface area contributed by atoms with Gasteiger partial charge in [-0.2, -0.15) is 0 Å². The number of amides is 1. The van der Waals surface area contributed by atoms with E-state index in [4.69, 9.17) is 5.73 Å². The quantitative estimate of drug-likeness (QED) is 0.679. The van der Waals surface area contributed by atoms with E-state index < -0.39 is 0 Å². The third kappa shape index (κ3) is 1.55. The molecule has 0 fully saturated rings. The van der Waals surface area contributed by atoms with E-state index in [1.165, 1.54) is 5.56 Å². The first-order valence-electron chi connectivity index (χ1n) is 7.59. The topological polar surface area (TPSA) is 58.1 Å². The van der Waals surface area contributed by atoms with Gasteiger partial charge >= 0.3 is 0 Å². The maximum Gasteiger partial charge on any atom is 0.280 e. The lowest BCUT2D eigenvalue weighted by Crippen LogP contribution is -2.20. The van der Waals surface area contributed by atoms with Crippen LogP contribution in [0, 0.1) is 0 Å². The molecule has 3 aromatic rings. The van der Waals surface area contributed by atoms with Crippen molar-refractivity contribution in [3.63, 3.8) is 0 Å². The van der Waals surface area contributed by atoms with Crippen LogP contribution < -0.4 is 11.1 Å². The molecule has 2 aliphatic heterocycles. The van der Waals surface area contributed by atoms with Crippen molar-refractivity contribution < 1.29 is 9.37 Å². The van der Waals surface area contributed by atoms with E-state index in [9.17, 15) is 4.79 Å². The van der Waals surface area contributed by atoms with Gasteiger partial charge in [0, 0.05) is 27.6 Å². The summed E-state index contributed by atoms with van der Waals surface area (Å²) in [5.74, 6) is 0.725. The summed E-state index contributed by atoms with van der Waals surface area (Å²) in [6.45, 7) is 0.752. The van der Waals surface area contributed by atoms with Gasteiger partial charge in [-0.3, -0.25) is 10.5 Å². The molecule has 0 unspecified atom stereocenters. The molecule has 2 aliphatic rings. The summed E-state index contributed by atoms with van der Waals surface area (Å²) < 4.78 is 2.12. The molecule has 110 valence electrons. The van der Waals surface area contributed by atoms with Crippen LogP contribution in [0.2, 0.25) is 0 Å². The van der Waals surface area contributed by atoms with Crippen LogP contribution in [-0.4, -0.2) is 16.3 Å². The minimum Gasteiger partial charge on any atom is -0.321 e. The number of anilines is 1. The summed E-state index contributed by atoms with van der Waals surface area (Å²) in [6, 6.07) is 18.0. The van der Waals surface area contributed by atoms with E-state index in [1.54, 1.807) is 0 Å². The molecular formula is C19H14N3O+. The lowest BCUT2D eigenvalue weighted by Gasteiger charge is -2.08. The number of amidine groups is 1. The Bertz CT molecular complexity index is 1050. The van der Waals surface area contributed by atoms with Crippen LogP contribution in [0.3, 0.4) is 0 Å². The van der Waals surface area contributed by atoms with Crippen LogP contribution in [0.5, 0.6) is 0 Å². The Morgan fingerprint density at radius 2 is 1.78 bits per heavy atom. The number of nitrogens with zero attached hydrogens (tertiary/aromatic N) is 1. The fraction of sp³-hybridized carbons (Fsp3) is 0.0526. The lowest BCUT2D eigenvalue weighted by molar-refractivity contribution is -0.451. The second kappa shape index (κ2) is 4.20. The number of carbonyl (C=O) groups excluding carboxylic acids is 1. The Kier molecular flexibility index (Phi) is 2.26. The van der Waals surface area contributed by atoms with Gasteiger partial charge in [0.2, 0.25) is 0 Å². The van der Waals surface area contributed by atoms with Crippen molar-refractivity contribution in [1.82, 2.24) is 0 Å². The number of hydrogen-bond acceptors (Lipinski definition) is 2. The highest BCUT2D eigenvalue weighted by Crippen LogP contribution is 2.39. The fourth-order valence-corrected chi connectivity index (χ4v) is 3.63. The molecule has 4 heteroatoms. The molecule has 2 heterocycles. The first kappa shape index (κ1) is 12.4. The molecule has 3 N–H and O–H groups in total. The minimum absolute atomic E-state index is 0.0376. The van der Waals surface area contributed by atoms with Crippen LogP contribution in [0.25, 0.3) is 10.8 Å². The molecule has 4 nitrogen and oxygen atoms in total. The second-order valence-corrected chi connectivity index (χ2v) is 5.94. The zero-order chi connectivity index (χ0) is 15.6. The summed E-state index contributed by atoms with van der Waals surface area (Å²) >= 11 is 0. The number of hydrogen-bond donors (Lipinski definition) is 2. The highest BCUT2D eigenvalue weighted by molar-refractivity contribution is 6.25. The van der Waals surface area contributed by atoms with E-state index in [0.29, 0.717) is 0 Å². The average Bonchev–Trinajstić information content (AvgIpc) is 3.08. The summed E-state index contributed by atoms with van der Waals surface area (Å²) in [4.78, 5) is 12.1. The van der Waals surface area contributed by atoms with Crippen LogP contribution in [-0.2, 0) is 6.54 Å². The van der Waals surface area contributed by atoms with E-state index in [0.717, 1.165) is 45.7 Å². The molecule has 0 bridgehead atoms. The zero-order valence-electron chi connectivity index (χ0n) is 12.3. The maximum atomic E-state index is 12.1. The average molecular weight is 300 g/mol. The molecule has 0 radical (unpaired) electrons. The Morgan fingerprint density at radius 1 is 0.957 bits per heavy atom. The van der Waals surface area contributed by atoms with E-state index in [1.807, 2.05) is 42.5 Å². The van der Waals surface area contributed by atoms with Crippen LogP contribution in [0.4, 0.5) is 11.4 Å². The van der Waals surface area contributed by atoms with Gasteiger partial charge in [-0.1, -0.05) is 24.3 Å². The van der Waals surface area contributed by atoms with E-state index >= 15 is 0 Å². The van der Waals surface area contributed by atoms with Gasteiger partial charge < -0.3 is 5.32 Å². The van der Waals surface area contributed by atoms with E-state index in [2.05, 4.69) is 22.0 Å². The Balaban J connectivity index is 1.80. The second-order valence-electron chi connectivity index (χ2n) is 5.94. The van der Waals surface area contributed by atoms with Gasteiger partial charge in [0.1, 0.15) is 12.2 Å². The maximum absolute atomic E-state index is 12.1. The van der Waals surface area contributed by atoms with Gasteiger partial charge in [-0.05, 0) is 30.3 Å². The van der Waals surface area contributed by atoms with Crippen molar-refractivity contribution in [2.24, 2.45) is 5.73 Å². The molecule has 0 aromatic heterocycles. The van der Waals surface area contributed by atoms with Gasteiger partial charge in [0.05, 0.1) is 5.56 Å². The third-order valence-corrected chi connectivity index (χ3v) is 4.71. The van der Waals surface area contributed by atoms with Crippen molar-refractivity contribution >= 4 is 33.9 Å². The molecule has 0 atom stereocenters. The number of nitrogens with two attached hydrogens (primary N) is 1. The minimum atomic E-state index is -0.0376. The Labute approximate surface area is 132 Å². The zero-order valence-corrected chi connectivity index (χ0v) is 12.3. The predicted molar refractivity (Wildman–Crippen MR) is 90.3 cm³/mol. The lowest BCUT2D eigenvalue weighted by atomic mass is 10.0. The number of fused-ring (bicyclic) bond motifs is 1. The highest BCUT2D eigenvalue weighted by Gasteiger charge is 2.29. The summed E-state index contributed by atoms with van der Waals surface area (Å²) in [7, 11) is 0. The van der Waals surface area contributed by atoms with Gasteiger partial charge in [0.25, 0.3) is 11.7 Å². The molecule has 0 saturated heterocycles. The van der Waals surface area contributed by atoms with E-state index in [-0.39, 0.29) is 5.91 Å². The Hall–Kier alpha value is -3.14. The molecule has 5 rings (SSSR count). The monoisotopic (exact) mass is 300 g/mol. The summed E-state index contributed by atoms with van der Waals surface area (Å²) in [5, 5.41) is 4.96. The normalized spacial score (nSPS) is 15.2. The van der Waals surface area contributed by atoms with Crippen LogP contribution >= 0.6 is 0 Å². The van der Waals surface area contributed by atoms with Crippen molar-refractivity contribution in [2.45, 2.75) is 6.54 Å². The van der Waals surface area contributed by atoms with Gasteiger partial charge in [0.15, 0.2) is 0 Å². The number of nitrogens with one attached hydrogen (secondary N) is 1. The van der Waals surface area contributed by atoms with Crippen LogP contribution in [0.1, 0.15) is 21.5 Å². The standard InChI is InChI=1S/C19H13N3O/c20-18-12-5-2-1-4-11(12)10-22(18)16-9-8-15-17-13(16)6-3-7-14(17)19(23)21-15/h1-9,20H,10H2,(H,21,23)/p+1. The number of rotatable bonds is 1. The van der Waals surface area contributed by atoms with Crippen LogP contribution in [0.15, 0.2) is 54.6 Å². The number of carbonyl (C=O) groups is 1. The summed E-state index contributed by atoms with van der Waals surface area (Å²) in [6.07, 6.45) is 0. The SMILES string of the molecule is NC1=[N+](c2ccc3c4c(cccc24)C(=O)N3)Cc2ccccc21.